The van der Waals surface area contributed by atoms with Gasteiger partial charge in [-0.2, -0.15) is 5.10 Å². The normalized spacial score (nSPS) is 20.6. The van der Waals surface area contributed by atoms with Crippen molar-refractivity contribution in [1.82, 2.24) is 25.9 Å². The number of nitrogens with one attached hydrogen (secondary N) is 3. The van der Waals surface area contributed by atoms with Crippen molar-refractivity contribution in [3.05, 3.63) is 83.2 Å². The van der Waals surface area contributed by atoms with Gasteiger partial charge in [0.2, 0.25) is 5.91 Å². The molecule has 2 unspecified atom stereocenters. The molecule has 5 rings (SSSR count). The Hall–Kier alpha value is -2.96. The molecule has 1 saturated heterocycles. The third-order valence-corrected chi connectivity index (χ3v) is 5.92. The fourth-order valence-electron chi connectivity index (χ4n) is 4.46. The maximum Gasteiger partial charge on any atom is 0.226 e. The summed E-state index contributed by atoms with van der Waals surface area (Å²) in [5, 5.41) is 7.99. The minimum atomic E-state index is -0.151. The molecule has 1 fully saturated rings. The van der Waals surface area contributed by atoms with Crippen LogP contribution >= 0.6 is 0 Å². The van der Waals surface area contributed by atoms with E-state index in [0.29, 0.717) is 13.1 Å². The van der Waals surface area contributed by atoms with Crippen molar-refractivity contribution < 1.29 is 4.79 Å². The smallest absolute Gasteiger partial charge is 0.226 e. The summed E-state index contributed by atoms with van der Waals surface area (Å²) in [5.74, 6) is -0.0981. The van der Waals surface area contributed by atoms with Gasteiger partial charge in [0.1, 0.15) is 0 Å². The second-order valence-corrected chi connectivity index (χ2v) is 7.71. The number of carbonyl (C=O) groups is 1. The van der Waals surface area contributed by atoms with Gasteiger partial charge in [-0.3, -0.25) is 10.2 Å². The Labute approximate surface area is 170 Å². The largest absolute Gasteiger partial charge is 0.350 e. The van der Waals surface area contributed by atoms with E-state index >= 15 is 0 Å². The number of benzene rings is 2. The molecule has 2 heterocycles. The molecule has 3 aromatic rings. The quantitative estimate of drug-likeness (QED) is 0.629. The second kappa shape index (κ2) is 7.81. The van der Waals surface area contributed by atoms with E-state index < -0.39 is 0 Å². The average molecular weight is 387 g/mol. The van der Waals surface area contributed by atoms with E-state index in [4.69, 9.17) is 5.10 Å². The number of amides is 1. The van der Waals surface area contributed by atoms with Gasteiger partial charge in [-0.25, -0.2) is 10.1 Å². The Morgan fingerprint density at radius 1 is 1.07 bits per heavy atom. The van der Waals surface area contributed by atoms with Gasteiger partial charge in [0.05, 0.1) is 29.9 Å². The molecule has 3 N–H and O–H groups in total. The van der Waals surface area contributed by atoms with Crippen molar-refractivity contribution in [2.45, 2.75) is 31.8 Å². The number of hydrogen-bond donors (Lipinski definition) is 3. The molecule has 0 saturated carbocycles. The highest BCUT2D eigenvalue weighted by molar-refractivity contribution is 5.80. The molecule has 148 valence electrons. The molecule has 1 aliphatic heterocycles. The first-order valence-electron chi connectivity index (χ1n) is 10.3. The number of hydrazine groups is 1. The van der Waals surface area contributed by atoms with Crippen LogP contribution in [0.5, 0.6) is 0 Å². The standard InChI is InChI=1S/C23H25N5O/c29-23(19-14-25-26-22(19)16-8-3-1-4-9-16)24-15-20-18-12-7-13-21(18)28(27-20)17-10-5-2-6-11-17/h1-6,8-11,19,22,25-26H,7,12-15H2,(H,24,29). The van der Waals surface area contributed by atoms with Crippen LogP contribution in [-0.4, -0.2) is 22.2 Å². The van der Waals surface area contributed by atoms with Gasteiger partial charge in [-0.15, -0.1) is 0 Å². The maximum absolute atomic E-state index is 13.0. The molecule has 1 aliphatic carbocycles. The van der Waals surface area contributed by atoms with E-state index in [1.54, 1.807) is 0 Å². The monoisotopic (exact) mass is 387 g/mol. The maximum atomic E-state index is 13.0. The Morgan fingerprint density at radius 2 is 1.83 bits per heavy atom. The van der Waals surface area contributed by atoms with Gasteiger partial charge in [-0.05, 0) is 42.5 Å². The highest BCUT2D eigenvalue weighted by Gasteiger charge is 2.34. The first-order valence-corrected chi connectivity index (χ1v) is 10.3. The van der Waals surface area contributed by atoms with Crippen molar-refractivity contribution in [3.8, 4) is 5.69 Å². The van der Waals surface area contributed by atoms with Crippen molar-refractivity contribution in [3.63, 3.8) is 0 Å². The van der Waals surface area contributed by atoms with Gasteiger partial charge in [0, 0.05) is 12.2 Å². The van der Waals surface area contributed by atoms with E-state index in [1.165, 1.54) is 11.3 Å². The summed E-state index contributed by atoms with van der Waals surface area (Å²) in [5.41, 5.74) is 12.2. The van der Waals surface area contributed by atoms with E-state index in [9.17, 15) is 4.79 Å². The summed E-state index contributed by atoms with van der Waals surface area (Å²) in [4.78, 5) is 13.0. The molecule has 2 aromatic carbocycles. The van der Waals surface area contributed by atoms with E-state index in [1.807, 2.05) is 36.4 Å². The zero-order valence-corrected chi connectivity index (χ0v) is 16.3. The van der Waals surface area contributed by atoms with Gasteiger partial charge >= 0.3 is 0 Å². The van der Waals surface area contributed by atoms with Crippen LogP contribution in [0.3, 0.4) is 0 Å². The Kier molecular flexibility index (Phi) is 4.87. The topological polar surface area (TPSA) is 71.0 Å². The Morgan fingerprint density at radius 3 is 2.62 bits per heavy atom. The number of carbonyl (C=O) groups excluding carboxylic acids is 1. The molecule has 6 nitrogen and oxygen atoms in total. The molecule has 1 amide bonds. The summed E-state index contributed by atoms with van der Waals surface area (Å²) in [6.45, 7) is 1.08. The average Bonchev–Trinajstić information content (AvgIpc) is 3.50. The van der Waals surface area contributed by atoms with Crippen LogP contribution < -0.4 is 16.2 Å². The van der Waals surface area contributed by atoms with E-state index in [0.717, 1.165) is 36.2 Å². The van der Waals surface area contributed by atoms with Gasteiger partial charge in [-0.1, -0.05) is 48.5 Å². The van der Waals surface area contributed by atoms with Crippen LogP contribution in [0.1, 0.15) is 35.0 Å². The van der Waals surface area contributed by atoms with Gasteiger partial charge in [0.25, 0.3) is 0 Å². The zero-order valence-electron chi connectivity index (χ0n) is 16.3. The lowest BCUT2D eigenvalue weighted by atomic mass is 9.94. The van der Waals surface area contributed by atoms with E-state index in [2.05, 4.69) is 45.1 Å². The summed E-state index contributed by atoms with van der Waals surface area (Å²) >= 11 is 0. The third kappa shape index (κ3) is 3.45. The number of hydrogen-bond acceptors (Lipinski definition) is 4. The van der Waals surface area contributed by atoms with Crippen molar-refractivity contribution in [2.24, 2.45) is 5.92 Å². The van der Waals surface area contributed by atoms with Crippen LogP contribution in [0.15, 0.2) is 60.7 Å². The third-order valence-electron chi connectivity index (χ3n) is 5.92. The van der Waals surface area contributed by atoms with Crippen LogP contribution in [0.2, 0.25) is 0 Å². The number of rotatable bonds is 5. The van der Waals surface area contributed by atoms with E-state index in [-0.39, 0.29) is 17.9 Å². The Balaban J connectivity index is 1.32. The lowest BCUT2D eigenvalue weighted by Crippen LogP contribution is -2.35. The highest BCUT2D eigenvalue weighted by atomic mass is 16.2. The molecular formula is C23H25N5O. The molecule has 1 aromatic heterocycles. The molecule has 29 heavy (non-hydrogen) atoms. The first kappa shape index (κ1) is 18.1. The van der Waals surface area contributed by atoms with Crippen LogP contribution in [0.4, 0.5) is 0 Å². The predicted octanol–water partition coefficient (Wildman–Crippen LogP) is 2.44. The molecule has 2 aliphatic rings. The first-order chi connectivity index (χ1) is 14.3. The second-order valence-electron chi connectivity index (χ2n) is 7.71. The lowest BCUT2D eigenvalue weighted by molar-refractivity contribution is -0.125. The number of fused-ring (bicyclic) bond motifs is 1. The number of nitrogens with zero attached hydrogens (tertiary/aromatic N) is 2. The summed E-state index contributed by atoms with van der Waals surface area (Å²) < 4.78 is 2.05. The fraction of sp³-hybridized carbons (Fsp3) is 0.304. The minimum Gasteiger partial charge on any atom is -0.350 e. The van der Waals surface area contributed by atoms with Crippen molar-refractivity contribution in [2.75, 3.05) is 6.54 Å². The van der Waals surface area contributed by atoms with Crippen LogP contribution in [-0.2, 0) is 24.2 Å². The number of para-hydroxylation sites is 1. The molecule has 6 heteroatoms. The van der Waals surface area contributed by atoms with Crippen LogP contribution in [0, 0.1) is 5.92 Å². The minimum absolute atomic E-state index is 0.0243. The highest BCUT2D eigenvalue weighted by Crippen LogP contribution is 2.28. The van der Waals surface area contributed by atoms with Crippen molar-refractivity contribution >= 4 is 5.91 Å². The summed E-state index contributed by atoms with van der Waals surface area (Å²) in [7, 11) is 0. The molecule has 0 radical (unpaired) electrons. The Bertz CT molecular complexity index is 999. The van der Waals surface area contributed by atoms with Gasteiger partial charge < -0.3 is 5.32 Å². The molecule has 0 bridgehead atoms. The molecular weight excluding hydrogens is 362 g/mol. The predicted molar refractivity (Wildman–Crippen MR) is 111 cm³/mol. The van der Waals surface area contributed by atoms with Crippen molar-refractivity contribution in [1.29, 1.82) is 0 Å². The van der Waals surface area contributed by atoms with Gasteiger partial charge in [0.15, 0.2) is 0 Å². The summed E-state index contributed by atoms with van der Waals surface area (Å²) in [6.07, 6.45) is 3.22. The number of aromatic nitrogens is 2. The lowest BCUT2D eigenvalue weighted by Gasteiger charge is -2.18. The molecule has 2 atom stereocenters. The summed E-state index contributed by atoms with van der Waals surface area (Å²) in [6, 6.07) is 20.3. The fourth-order valence-corrected chi connectivity index (χ4v) is 4.46. The zero-order chi connectivity index (χ0) is 19.6. The van der Waals surface area contributed by atoms with Crippen LogP contribution in [0.25, 0.3) is 5.69 Å². The SMILES string of the molecule is O=C(NCc1nn(-c2ccccc2)c2c1CCC2)C1CNNC1c1ccccc1. The molecule has 0 spiro atoms.